The SMILES string of the molecule is CN(C)c1ccc(-n2ccnc2-c2ccc(O)cc2)cc1. The molecule has 4 heteroatoms. The molecule has 0 amide bonds. The quantitative estimate of drug-likeness (QED) is 0.799. The molecular weight excluding hydrogens is 262 g/mol. The number of phenols is 1. The highest BCUT2D eigenvalue weighted by molar-refractivity contribution is 5.60. The molecule has 0 unspecified atom stereocenters. The highest BCUT2D eigenvalue weighted by Crippen LogP contribution is 2.24. The Hall–Kier alpha value is -2.75. The van der Waals surface area contributed by atoms with Crippen LogP contribution in [0.4, 0.5) is 5.69 Å². The van der Waals surface area contributed by atoms with Gasteiger partial charge >= 0.3 is 0 Å². The summed E-state index contributed by atoms with van der Waals surface area (Å²) in [5, 5.41) is 9.39. The molecule has 1 N–H and O–H groups in total. The van der Waals surface area contributed by atoms with Crippen molar-refractivity contribution in [2.75, 3.05) is 19.0 Å². The maximum absolute atomic E-state index is 9.39. The van der Waals surface area contributed by atoms with Crippen molar-refractivity contribution in [3.8, 4) is 22.8 Å². The van der Waals surface area contributed by atoms with Gasteiger partial charge in [-0.15, -0.1) is 0 Å². The fourth-order valence-corrected chi connectivity index (χ4v) is 2.25. The van der Waals surface area contributed by atoms with Crippen LogP contribution in [-0.4, -0.2) is 28.8 Å². The van der Waals surface area contributed by atoms with Crippen LogP contribution < -0.4 is 4.90 Å². The Labute approximate surface area is 123 Å². The molecule has 0 bridgehead atoms. The lowest BCUT2D eigenvalue weighted by molar-refractivity contribution is 0.475. The molecule has 3 rings (SSSR count). The van der Waals surface area contributed by atoms with Gasteiger partial charge in [0.25, 0.3) is 0 Å². The van der Waals surface area contributed by atoms with E-state index in [1.54, 1.807) is 18.3 Å². The molecule has 21 heavy (non-hydrogen) atoms. The summed E-state index contributed by atoms with van der Waals surface area (Å²) in [5.74, 6) is 1.11. The first-order valence-corrected chi connectivity index (χ1v) is 6.75. The van der Waals surface area contributed by atoms with Gasteiger partial charge in [-0.2, -0.15) is 0 Å². The molecule has 2 aromatic carbocycles. The first-order chi connectivity index (χ1) is 10.1. The molecule has 0 atom stereocenters. The van der Waals surface area contributed by atoms with Crippen LogP contribution >= 0.6 is 0 Å². The molecule has 0 saturated carbocycles. The van der Waals surface area contributed by atoms with Crippen LogP contribution in [0.15, 0.2) is 60.9 Å². The van der Waals surface area contributed by atoms with E-state index in [1.165, 1.54) is 0 Å². The average molecular weight is 279 g/mol. The number of imidazole rings is 1. The largest absolute Gasteiger partial charge is 0.508 e. The number of anilines is 1. The normalized spacial score (nSPS) is 10.6. The highest BCUT2D eigenvalue weighted by Gasteiger charge is 2.08. The van der Waals surface area contributed by atoms with Gasteiger partial charge in [0.1, 0.15) is 11.6 Å². The van der Waals surface area contributed by atoms with Crippen molar-refractivity contribution in [1.82, 2.24) is 9.55 Å². The maximum Gasteiger partial charge on any atom is 0.144 e. The van der Waals surface area contributed by atoms with Gasteiger partial charge in [-0.1, -0.05) is 0 Å². The monoisotopic (exact) mass is 279 g/mol. The van der Waals surface area contributed by atoms with Crippen LogP contribution in [0.5, 0.6) is 5.75 Å². The van der Waals surface area contributed by atoms with E-state index in [9.17, 15) is 5.11 Å². The minimum Gasteiger partial charge on any atom is -0.508 e. The lowest BCUT2D eigenvalue weighted by atomic mass is 10.2. The van der Waals surface area contributed by atoms with Gasteiger partial charge in [-0.25, -0.2) is 4.98 Å². The van der Waals surface area contributed by atoms with Crippen LogP contribution in [0.2, 0.25) is 0 Å². The molecule has 0 aliphatic heterocycles. The smallest absolute Gasteiger partial charge is 0.144 e. The van der Waals surface area contributed by atoms with Crippen LogP contribution in [0.3, 0.4) is 0 Å². The topological polar surface area (TPSA) is 41.3 Å². The number of rotatable bonds is 3. The van der Waals surface area contributed by atoms with Gasteiger partial charge in [-0.3, -0.25) is 4.57 Å². The third-order valence-corrected chi connectivity index (χ3v) is 3.41. The third-order valence-electron chi connectivity index (χ3n) is 3.41. The fraction of sp³-hybridized carbons (Fsp3) is 0.118. The molecular formula is C17H17N3O. The zero-order valence-electron chi connectivity index (χ0n) is 12.1. The van der Waals surface area contributed by atoms with Crippen molar-refractivity contribution < 1.29 is 5.11 Å². The van der Waals surface area contributed by atoms with E-state index in [0.29, 0.717) is 0 Å². The molecule has 0 fully saturated rings. The van der Waals surface area contributed by atoms with Crippen molar-refractivity contribution in [1.29, 1.82) is 0 Å². The molecule has 106 valence electrons. The number of aromatic nitrogens is 2. The number of benzene rings is 2. The van der Waals surface area contributed by atoms with Gasteiger partial charge in [0.2, 0.25) is 0 Å². The summed E-state index contributed by atoms with van der Waals surface area (Å²) >= 11 is 0. The Balaban J connectivity index is 2.00. The van der Waals surface area contributed by atoms with Gasteiger partial charge in [0, 0.05) is 43.4 Å². The van der Waals surface area contributed by atoms with Crippen molar-refractivity contribution >= 4 is 5.69 Å². The predicted octanol–water partition coefficient (Wildman–Crippen LogP) is 3.31. The van der Waals surface area contributed by atoms with Crippen molar-refractivity contribution in [2.24, 2.45) is 0 Å². The lowest BCUT2D eigenvalue weighted by Gasteiger charge is -2.14. The van der Waals surface area contributed by atoms with Gasteiger partial charge in [-0.05, 0) is 48.5 Å². The van der Waals surface area contributed by atoms with Gasteiger partial charge in [0.15, 0.2) is 0 Å². The Kier molecular flexibility index (Phi) is 3.36. The average Bonchev–Trinajstić information content (AvgIpc) is 2.97. The Morgan fingerprint density at radius 2 is 1.62 bits per heavy atom. The summed E-state index contributed by atoms with van der Waals surface area (Å²) in [6, 6.07) is 15.4. The standard InChI is InChI=1S/C17H17N3O/c1-19(2)14-5-7-15(8-6-14)20-12-11-18-17(20)13-3-9-16(21)10-4-13/h3-12,21H,1-2H3. The van der Waals surface area contributed by atoms with Crippen molar-refractivity contribution in [2.45, 2.75) is 0 Å². The molecule has 3 aromatic rings. The summed E-state index contributed by atoms with van der Waals surface area (Å²) in [4.78, 5) is 6.49. The summed E-state index contributed by atoms with van der Waals surface area (Å²) in [5.41, 5.74) is 3.18. The number of aromatic hydroxyl groups is 1. The van der Waals surface area contributed by atoms with Crippen LogP contribution in [0.25, 0.3) is 17.1 Å². The summed E-state index contributed by atoms with van der Waals surface area (Å²) in [6.07, 6.45) is 3.72. The number of hydrogen-bond donors (Lipinski definition) is 1. The second kappa shape index (κ2) is 5.32. The molecule has 1 heterocycles. The van der Waals surface area contributed by atoms with E-state index in [2.05, 4.69) is 34.1 Å². The highest BCUT2D eigenvalue weighted by atomic mass is 16.3. The molecule has 0 saturated heterocycles. The summed E-state index contributed by atoms with van der Waals surface area (Å²) < 4.78 is 2.03. The third kappa shape index (κ3) is 2.60. The fourth-order valence-electron chi connectivity index (χ4n) is 2.25. The molecule has 0 aliphatic rings. The first-order valence-electron chi connectivity index (χ1n) is 6.75. The van der Waals surface area contributed by atoms with E-state index >= 15 is 0 Å². The number of phenolic OH excluding ortho intramolecular Hbond substituents is 1. The van der Waals surface area contributed by atoms with Crippen LogP contribution in [0.1, 0.15) is 0 Å². The van der Waals surface area contributed by atoms with E-state index in [1.807, 2.05) is 37.0 Å². The van der Waals surface area contributed by atoms with E-state index in [4.69, 9.17) is 0 Å². The zero-order valence-corrected chi connectivity index (χ0v) is 12.1. The number of hydrogen-bond acceptors (Lipinski definition) is 3. The Morgan fingerprint density at radius 1 is 0.952 bits per heavy atom. The zero-order chi connectivity index (χ0) is 14.8. The molecule has 0 aliphatic carbocycles. The number of nitrogens with zero attached hydrogens (tertiary/aromatic N) is 3. The van der Waals surface area contributed by atoms with E-state index in [-0.39, 0.29) is 5.75 Å². The van der Waals surface area contributed by atoms with Gasteiger partial charge < -0.3 is 10.0 Å². The summed E-state index contributed by atoms with van der Waals surface area (Å²) in [7, 11) is 4.04. The molecule has 1 aromatic heterocycles. The van der Waals surface area contributed by atoms with Gasteiger partial charge in [0.05, 0.1) is 0 Å². The van der Waals surface area contributed by atoms with E-state index in [0.717, 1.165) is 22.8 Å². The van der Waals surface area contributed by atoms with Crippen molar-refractivity contribution in [3.05, 3.63) is 60.9 Å². The second-order valence-corrected chi connectivity index (χ2v) is 5.08. The predicted molar refractivity (Wildman–Crippen MR) is 85.0 cm³/mol. The molecule has 4 nitrogen and oxygen atoms in total. The van der Waals surface area contributed by atoms with Crippen LogP contribution in [-0.2, 0) is 0 Å². The first kappa shape index (κ1) is 13.2. The van der Waals surface area contributed by atoms with Crippen LogP contribution in [0, 0.1) is 0 Å². The maximum atomic E-state index is 9.39. The minimum atomic E-state index is 0.257. The molecule has 0 radical (unpaired) electrons. The lowest BCUT2D eigenvalue weighted by Crippen LogP contribution is -2.08. The minimum absolute atomic E-state index is 0.257. The van der Waals surface area contributed by atoms with Crippen molar-refractivity contribution in [3.63, 3.8) is 0 Å². The molecule has 0 spiro atoms. The Morgan fingerprint density at radius 3 is 2.24 bits per heavy atom. The Bertz CT molecular complexity index is 727. The second-order valence-electron chi connectivity index (χ2n) is 5.08. The summed E-state index contributed by atoms with van der Waals surface area (Å²) in [6.45, 7) is 0. The van der Waals surface area contributed by atoms with E-state index < -0.39 is 0 Å².